The Morgan fingerprint density at radius 1 is 1.33 bits per heavy atom. The van der Waals surface area contributed by atoms with Crippen LogP contribution < -0.4 is 10.1 Å². The highest BCUT2D eigenvalue weighted by molar-refractivity contribution is 5.27. The Hall–Kier alpha value is -1.06. The fourth-order valence-corrected chi connectivity index (χ4v) is 1.74. The maximum atomic E-state index is 9.56. The average molecular weight is 207 g/mol. The zero-order chi connectivity index (χ0) is 10.7. The number of β-amino-alcohol motifs (C(OH)–C–C–N with tert-alkyl or cyclic N) is 1. The molecule has 15 heavy (non-hydrogen) atoms. The normalized spacial score (nSPS) is 25.5. The highest BCUT2D eigenvalue weighted by atomic mass is 16.5. The van der Waals surface area contributed by atoms with E-state index in [1.54, 1.807) is 0 Å². The Balaban J connectivity index is 1.98. The summed E-state index contributed by atoms with van der Waals surface area (Å²) in [6.45, 7) is 3.47. The molecule has 2 atom stereocenters. The van der Waals surface area contributed by atoms with Gasteiger partial charge in [-0.25, -0.2) is 0 Å². The van der Waals surface area contributed by atoms with Crippen molar-refractivity contribution in [3.8, 4) is 5.75 Å². The second-order valence-electron chi connectivity index (χ2n) is 3.88. The zero-order valence-electron chi connectivity index (χ0n) is 8.94. The number of ether oxygens (including phenoxy) is 1. The monoisotopic (exact) mass is 207 g/mol. The van der Waals surface area contributed by atoms with Crippen molar-refractivity contribution in [1.29, 1.82) is 0 Å². The first-order valence-electron chi connectivity index (χ1n) is 5.44. The van der Waals surface area contributed by atoms with Crippen molar-refractivity contribution in [2.45, 2.75) is 25.6 Å². The molecule has 1 aliphatic rings. The molecule has 3 heteroatoms. The van der Waals surface area contributed by atoms with Gasteiger partial charge in [-0.3, -0.25) is 0 Å². The lowest BCUT2D eigenvalue weighted by molar-refractivity contribution is 0.0737. The van der Waals surface area contributed by atoms with Crippen molar-refractivity contribution in [1.82, 2.24) is 5.32 Å². The van der Waals surface area contributed by atoms with Crippen molar-refractivity contribution in [2.75, 3.05) is 13.1 Å². The molecule has 1 aromatic rings. The van der Waals surface area contributed by atoms with Crippen molar-refractivity contribution in [3.63, 3.8) is 0 Å². The molecular formula is C12H17NO2. The Labute approximate surface area is 90.1 Å². The Morgan fingerprint density at radius 3 is 2.60 bits per heavy atom. The highest BCUT2D eigenvalue weighted by Crippen LogP contribution is 2.16. The maximum Gasteiger partial charge on any atom is 0.138 e. The fraction of sp³-hybridized carbons (Fsp3) is 0.500. The molecule has 1 heterocycles. The zero-order valence-corrected chi connectivity index (χ0v) is 8.94. The summed E-state index contributed by atoms with van der Waals surface area (Å²) in [7, 11) is 0. The average Bonchev–Trinajstić information content (AvgIpc) is 2.66. The largest absolute Gasteiger partial charge is 0.486 e. The summed E-state index contributed by atoms with van der Waals surface area (Å²) in [4.78, 5) is 0. The van der Waals surface area contributed by atoms with Gasteiger partial charge >= 0.3 is 0 Å². The SMILES string of the molecule is CCc1ccc(OC2CNCC2O)cc1. The van der Waals surface area contributed by atoms with Crippen molar-refractivity contribution < 1.29 is 9.84 Å². The third kappa shape index (κ3) is 2.49. The van der Waals surface area contributed by atoms with E-state index in [2.05, 4.69) is 24.4 Å². The summed E-state index contributed by atoms with van der Waals surface area (Å²) >= 11 is 0. The van der Waals surface area contributed by atoms with Crippen molar-refractivity contribution in [2.24, 2.45) is 0 Å². The number of benzene rings is 1. The molecule has 1 fully saturated rings. The fourth-order valence-electron chi connectivity index (χ4n) is 1.74. The van der Waals surface area contributed by atoms with Gasteiger partial charge in [0.15, 0.2) is 0 Å². The van der Waals surface area contributed by atoms with Crippen LogP contribution in [0.2, 0.25) is 0 Å². The third-order valence-electron chi connectivity index (χ3n) is 2.75. The molecule has 2 N–H and O–H groups in total. The van der Waals surface area contributed by atoms with E-state index in [9.17, 15) is 5.11 Å². The molecule has 0 bridgehead atoms. The summed E-state index contributed by atoms with van der Waals surface area (Å²) in [5.41, 5.74) is 1.30. The van der Waals surface area contributed by atoms with E-state index in [-0.39, 0.29) is 6.10 Å². The van der Waals surface area contributed by atoms with Gasteiger partial charge in [0.1, 0.15) is 18.0 Å². The van der Waals surface area contributed by atoms with Gasteiger partial charge < -0.3 is 15.2 Å². The molecule has 1 aliphatic heterocycles. The molecule has 0 saturated carbocycles. The summed E-state index contributed by atoms with van der Waals surface area (Å²) in [5.74, 6) is 0.833. The van der Waals surface area contributed by atoms with Crippen molar-refractivity contribution in [3.05, 3.63) is 29.8 Å². The van der Waals surface area contributed by atoms with E-state index in [4.69, 9.17) is 4.74 Å². The molecule has 0 aromatic heterocycles. The topological polar surface area (TPSA) is 41.5 Å². The van der Waals surface area contributed by atoms with E-state index in [0.717, 1.165) is 18.7 Å². The second-order valence-corrected chi connectivity index (χ2v) is 3.88. The minimum absolute atomic E-state index is 0.113. The standard InChI is InChI=1S/C12H17NO2/c1-2-9-3-5-10(6-4-9)15-12-8-13-7-11(12)14/h3-6,11-14H,2,7-8H2,1H3. The number of hydrogen-bond acceptors (Lipinski definition) is 3. The lowest BCUT2D eigenvalue weighted by atomic mass is 10.2. The first-order valence-corrected chi connectivity index (χ1v) is 5.44. The molecule has 0 spiro atoms. The van der Waals surface area contributed by atoms with E-state index >= 15 is 0 Å². The van der Waals surface area contributed by atoms with Crippen LogP contribution in [0, 0.1) is 0 Å². The van der Waals surface area contributed by atoms with Crippen LogP contribution in [-0.4, -0.2) is 30.4 Å². The maximum absolute atomic E-state index is 9.56. The van der Waals surface area contributed by atoms with Gasteiger partial charge in [0, 0.05) is 13.1 Å². The summed E-state index contributed by atoms with van der Waals surface area (Å²) in [5, 5.41) is 12.7. The van der Waals surface area contributed by atoms with E-state index in [0.29, 0.717) is 6.54 Å². The van der Waals surface area contributed by atoms with Crippen LogP contribution in [0.15, 0.2) is 24.3 Å². The number of aliphatic hydroxyl groups excluding tert-OH is 1. The van der Waals surface area contributed by atoms with Gasteiger partial charge in [0.2, 0.25) is 0 Å². The third-order valence-corrected chi connectivity index (χ3v) is 2.75. The predicted molar refractivity (Wildman–Crippen MR) is 59.1 cm³/mol. The lowest BCUT2D eigenvalue weighted by Crippen LogP contribution is -2.29. The summed E-state index contributed by atoms with van der Waals surface area (Å²) in [6.07, 6.45) is 0.529. The Bertz CT molecular complexity index is 310. The van der Waals surface area contributed by atoms with Gasteiger partial charge in [0.25, 0.3) is 0 Å². The van der Waals surface area contributed by atoms with Crippen LogP contribution in [0.5, 0.6) is 5.75 Å². The molecular weight excluding hydrogens is 190 g/mol. The molecule has 0 amide bonds. The van der Waals surface area contributed by atoms with Crippen LogP contribution in [0.3, 0.4) is 0 Å². The first kappa shape index (κ1) is 10.5. The summed E-state index contributed by atoms with van der Waals surface area (Å²) in [6, 6.07) is 8.04. The molecule has 1 saturated heterocycles. The predicted octanol–water partition coefficient (Wildman–Crippen LogP) is 0.961. The smallest absolute Gasteiger partial charge is 0.138 e. The van der Waals surface area contributed by atoms with E-state index < -0.39 is 6.10 Å². The Morgan fingerprint density at radius 2 is 2.07 bits per heavy atom. The molecule has 3 nitrogen and oxygen atoms in total. The quantitative estimate of drug-likeness (QED) is 0.775. The van der Waals surface area contributed by atoms with Crippen LogP contribution in [0.4, 0.5) is 0 Å². The second kappa shape index (κ2) is 4.64. The first-order chi connectivity index (χ1) is 7.29. The summed E-state index contributed by atoms with van der Waals surface area (Å²) < 4.78 is 5.67. The number of rotatable bonds is 3. The van der Waals surface area contributed by atoms with Crippen LogP contribution in [0.1, 0.15) is 12.5 Å². The molecule has 2 unspecified atom stereocenters. The van der Waals surface area contributed by atoms with E-state index in [1.807, 2.05) is 12.1 Å². The van der Waals surface area contributed by atoms with Gasteiger partial charge in [-0.2, -0.15) is 0 Å². The van der Waals surface area contributed by atoms with Gasteiger partial charge in [-0.05, 0) is 24.1 Å². The van der Waals surface area contributed by atoms with Crippen LogP contribution in [-0.2, 0) is 6.42 Å². The number of hydrogen-bond donors (Lipinski definition) is 2. The molecule has 0 aliphatic carbocycles. The molecule has 82 valence electrons. The van der Waals surface area contributed by atoms with Gasteiger partial charge in [0.05, 0.1) is 0 Å². The Kier molecular flexibility index (Phi) is 3.23. The lowest BCUT2D eigenvalue weighted by Gasteiger charge is -2.16. The minimum atomic E-state index is -0.393. The van der Waals surface area contributed by atoms with Crippen molar-refractivity contribution >= 4 is 0 Å². The van der Waals surface area contributed by atoms with Gasteiger partial charge in [-0.15, -0.1) is 0 Å². The molecule has 2 rings (SSSR count). The number of aryl methyl sites for hydroxylation is 1. The van der Waals surface area contributed by atoms with Crippen LogP contribution >= 0.6 is 0 Å². The highest BCUT2D eigenvalue weighted by Gasteiger charge is 2.26. The number of aliphatic hydroxyl groups is 1. The van der Waals surface area contributed by atoms with Gasteiger partial charge in [-0.1, -0.05) is 19.1 Å². The van der Waals surface area contributed by atoms with Crippen LogP contribution in [0.25, 0.3) is 0 Å². The molecule has 0 radical (unpaired) electrons. The minimum Gasteiger partial charge on any atom is -0.486 e. The number of nitrogens with one attached hydrogen (secondary N) is 1. The molecule has 1 aromatic carbocycles. The van der Waals surface area contributed by atoms with E-state index in [1.165, 1.54) is 5.56 Å².